The highest BCUT2D eigenvalue weighted by Gasteiger charge is 2.02. The second kappa shape index (κ2) is 9.86. The van der Waals surface area contributed by atoms with E-state index in [1.54, 1.807) is 13.0 Å². The maximum atomic E-state index is 12.7. The van der Waals surface area contributed by atoms with Crippen LogP contribution in [0.25, 0.3) is 11.3 Å². The Morgan fingerprint density at radius 3 is 2.54 bits per heavy atom. The summed E-state index contributed by atoms with van der Waals surface area (Å²) in [6.45, 7) is 5.77. The van der Waals surface area contributed by atoms with Crippen molar-refractivity contribution in [3.8, 4) is 17.0 Å². The van der Waals surface area contributed by atoms with E-state index in [9.17, 15) is 4.39 Å². The molecule has 2 aromatic rings. The highest BCUT2D eigenvalue weighted by Crippen LogP contribution is 2.21. The van der Waals surface area contributed by atoms with Crippen molar-refractivity contribution in [2.75, 3.05) is 6.61 Å². The predicted octanol–water partition coefficient (Wildman–Crippen LogP) is 5.77. The fraction of sp³-hybridized carbons (Fsp3) is 0.381. The lowest BCUT2D eigenvalue weighted by atomic mass is 10.1. The fourth-order valence-electron chi connectivity index (χ4n) is 2.55. The van der Waals surface area contributed by atoms with E-state index >= 15 is 0 Å². The van der Waals surface area contributed by atoms with Crippen molar-refractivity contribution in [1.29, 1.82) is 0 Å². The number of halogens is 1. The molecule has 0 aliphatic heterocycles. The number of rotatable bonds is 10. The normalized spacial score (nSPS) is 11.9. The molecule has 0 saturated carbocycles. The van der Waals surface area contributed by atoms with E-state index in [1.165, 1.54) is 5.56 Å². The minimum atomic E-state index is -0.681. The molecule has 1 heterocycles. The van der Waals surface area contributed by atoms with Gasteiger partial charge in [-0.1, -0.05) is 31.6 Å². The van der Waals surface area contributed by atoms with Crippen LogP contribution in [0.3, 0.4) is 0 Å². The number of unbranched alkanes of at least 4 members (excludes halogenated alkanes) is 2. The number of alkyl halides is 1. The molecular weight excluding hydrogens is 301 g/mol. The van der Waals surface area contributed by atoms with E-state index in [4.69, 9.17) is 4.74 Å². The minimum Gasteiger partial charge on any atom is -0.490 e. The molecule has 1 aromatic carbocycles. The highest BCUT2D eigenvalue weighted by molar-refractivity contribution is 5.60. The van der Waals surface area contributed by atoms with Gasteiger partial charge in [0.2, 0.25) is 0 Å². The average Bonchev–Trinajstić information content (AvgIpc) is 2.60. The van der Waals surface area contributed by atoms with E-state index in [1.807, 2.05) is 30.5 Å². The molecule has 2 nitrogen and oxygen atoms in total. The Kier molecular flexibility index (Phi) is 7.47. The summed E-state index contributed by atoms with van der Waals surface area (Å²) >= 11 is 0. The molecule has 0 saturated heterocycles. The molecule has 0 N–H and O–H groups in total. The predicted molar refractivity (Wildman–Crippen MR) is 98.1 cm³/mol. The van der Waals surface area contributed by atoms with E-state index in [0.29, 0.717) is 13.0 Å². The number of nitrogens with zero attached hydrogens (tertiary/aromatic N) is 1. The molecule has 1 aromatic heterocycles. The van der Waals surface area contributed by atoms with E-state index in [2.05, 4.69) is 23.7 Å². The summed E-state index contributed by atoms with van der Waals surface area (Å²) in [4.78, 5) is 4.55. The third kappa shape index (κ3) is 6.15. The average molecular weight is 327 g/mol. The zero-order valence-corrected chi connectivity index (χ0v) is 14.4. The first kappa shape index (κ1) is 18.2. The molecule has 2 rings (SSSR count). The third-order valence-corrected chi connectivity index (χ3v) is 3.91. The molecule has 0 fully saturated rings. The first-order valence-corrected chi connectivity index (χ1v) is 8.62. The van der Waals surface area contributed by atoms with Crippen LogP contribution in [-0.4, -0.2) is 17.8 Å². The van der Waals surface area contributed by atoms with Gasteiger partial charge in [-0.15, -0.1) is 0 Å². The van der Waals surface area contributed by atoms with Crippen LogP contribution in [-0.2, 0) is 6.42 Å². The standard InChI is InChI=1S/C21H26FNO/c1-3-15-24-20-12-10-19(11-13-20)21-14-9-18(16-23-21)8-6-4-5-7-17(2)22/h3,9-14,16-17H,1,4-8,15H2,2H3. The van der Waals surface area contributed by atoms with Gasteiger partial charge in [0.15, 0.2) is 0 Å². The van der Waals surface area contributed by atoms with Crippen LogP contribution in [0.15, 0.2) is 55.3 Å². The Bertz CT molecular complexity index is 605. The summed E-state index contributed by atoms with van der Waals surface area (Å²) in [5.74, 6) is 0.831. The number of aryl methyl sites for hydroxylation is 1. The maximum absolute atomic E-state index is 12.7. The van der Waals surface area contributed by atoms with Crippen LogP contribution in [0, 0.1) is 0 Å². The van der Waals surface area contributed by atoms with Crippen LogP contribution < -0.4 is 4.74 Å². The molecule has 1 unspecified atom stereocenters. The number of hydrogen-bond acceptors (Lipinski definition) is 2. The summed E-state index contributed by atoms with van der Waals surface area (Å²) in [6.07, 6.45) is 7.78. The topological polar surface area (TPSA) is 22.1 Å². The minimum absolute atomic E-state index is 0.510. The fourth-order valence-corrected chi connectivity index (χ4v) is 2.55. The van der Waals surface area contributed by atoms with Gasteiger partial charge < -0.3 is 4.74 Å². The van der Waals surface area contributed by atoms with Gasteiger partial charge in [-0.3, -0.25) is 4.98 Å². The largest absolute Gasteiger partial charge is 0.490 e. The first-order chi connectivity index (χ1) is 11.7. The molecule has 0 bridgehead atoms. The quantitative estimate of drug-likeness (QED) is 0.408. The summed E-state index contributed by atoms with van der Waals surface area (Å²) in [5.41, 5.74) is 3.27. The van der Waals surface area contributed by atoms with Crippen molar-refractivity contribution in [2.24, 2.45) is 0 Å². The van der Waals surface area contributed by atoms with Crippen LogP contribution in [0.2, 0.25) is 0 Å². The van der Waals surface area contributed by atoms with Crippen molar-refractivity contribution < 1.29 is 9.13 Å². The van der Waals surface area contributed by atoms with Gasteiger partial charge in [0, 0.05) is 11.8 Å². The summed E-state index contributed by atoms with van der Waals surface area (Å²) in [6, 6.07) is 12.1. The Labute approximate surface area is 144 Å². The summed E-state index contributed by atoms with van der Waals surface area (Å²) in [7, 11) is 0. The highest BCUT2D eigenvalue weighted by atomic mass is 19.1. The SMILES string of the molecule is C=CCOc1ccc(-c2ccc(CCCCCC(C)F)cn2)cc1. The van der Waals surface area contributed by atoms with E-state index in [0.717, 1.165) is 42.7 Å². The van der Waals surface area contributed by atoms with E-state index < -0.39 is 6.17 Å². The van der Waals surface area contributed by atoms with Crippen LogP contribution in [0.1, 0.15) is 38.2 Å². The van der Waals surface area contributed by atoms with Gasteiger partial charge >= 0.3 is 0 Å². The number of aromatic nitrogens is 1. The number of hydrogen-bond donors (Lipinski definition) is 0. The summed E-state index contributed by atoms with van der Waals surface area (Å²) < 4.78 is 18.2. The maximum Gasteiger partial charge on any atom is 0.119 e. The lowest BCUT2D eigenvalue weighted by Crippen LogP contribution is -1.94. The Morgan fingerprint density at radius 2 is 1.92 bits per heavy atom. The molecule has 0 aliphatic rings. The molecule has 0 spiro atoms. The molecule has 0 radical (unpaired) electrons. The number of ether oxygens (including phenoxy) is 1. The van der Waals surface area contributed by atoms with Gasteiger partial charge in [0.25, 0.3) is 0 Å². The lowest BCUT2D eigenvalue weighted by Gasteiger charge is -2.06. The van der Waals surface area contributed by atoms with Gasteiger partial charge in [-0.05, 0) is 62.1 Å². The van der Waals surface area contributed by atoms with Crippen LogP contribution >= 0.6 is 0 Å². The lowest BCUT2D eigenvalue weighted by molar-refractivity contribution is 0.330. The van der Waals surface area contributed by atoms with Crippen molar-refractivity contribution in [1.82, 2.24) is 4.98 Å². The van der Waals surface area contributed by atoms with E-state index in [-0.39, 0.29) is 0 Å². The second-order valence-electron chi connectivity index (χ2n) is 6.06. The van der Waals surface area contributed by atoms with Crippen molar-refractivity contribution in [3.63, 3.8) is 0 Å². The third-order valence-electron chi connectivity index (χ3n) is 3.91. The molecule has 0 amide bonds. The smallest absolute Gasteiger partial charge is 0.119 e. The Morgan fingerprint density at radius 1 is 1.12 bits per heavy atom. The van der Waals surface area contributed by atoms with Crippen molar-refractivity contribution in [3.05, 3.63) is 60.8 Å². The van der Waals surface area contributed by atoms with Crippen molar-refractivity contribution in [2.45, 2.75) is 45.2 Å². The Hall–Kier alpha value is -2.16. The monoisotopic (exact) mass is 327 g/mol. The van der Waals surface area contributed by atoms with Crippen LogP contribution in [0.5, 0.6) is 5.75 Å². The summed E-state index contributed by atoms with van der Waals surface area (Å²) in [5, 5.41) is 0. The number of benzene rings is 1. The molecule has 0 aliphatic carbocycles. The molecule has 24 heavy (non-hydrogen) atoms. The zero-order valence-electron chi connectivity index (χ0n) is 14.4. The van der Waals surface area contributed by atoms with Gasteiger partial charge in [-0.2, -0.15) is 0 Å². The molecule has 128 valence electrons. The zero-order chi connectivity index (χ0) is 17.2. The van der Waals surface area contributed by atoms with Gasteiger partial charge in [-0.25, -0.2) is 4.39 Å². The molecule has 1 atom stereocenters. The first-order valence-electron chi connectivity index (χ1n) is 8.62. The molecule has 3 heteroatoms. The Balaban J connectivity index is 1.83. The van der Waals surface area contributed by atoms with Gasteiger partial charge in [0.05, 0.1) is 11.9 Å². The van der Waals surface area contributed by atoms with Crippen molar-refractivity contribution >= 4 is 0 Å². The second-order valence-corrected chi connectivity index (χ2v) is 6.06. The molecular formula is C21H26FNO. The van der Waals surface area contributed by atoms with Gasteiger partial charge in [0.1, 0.15) is 12.4 Å². The number of pyridine rings is 1. The van der Waals surface area contributed by atoms with Crippen LogP contribution in [0.4, 0.5) is 4.39 Å².